The summed E-state index contributed by atoms with van der Waals surface area (Å²) in [6.45, 7) is 3.11. The smallest absolute Gasteiger partial charge is 0.227 e. The quantitative estimate of drug-likeness (QED) is 0.734. The molecule has 1 aliphatic rings. The Morgan fingerprint density at radius 1 is 1.30 bits per heavy atom. The molecular weight excluding hydrogens is 360 g/mol. The van der Waals surface area contributed by atoms with E-state index in [-0.39, 0.29) is 5.91 Å². The van der Waals surface area contributed by atoms with E-state index in [0.717, 1.165) is 53.8 Å². The molecule has 2 heterocycles. The summed E-state index contributed by atoms with van der Waals surface area (Å²) < 4.78 is 0. The van der Waals surface area contributed by atoms with Crippen molar-refractivity contribution in [2.45, 2.75) is 25.5 Å². The predicted molar refractivity (Wildman–Crippen MR) is 112 cm³/mol. The highest BCUT2D eigenvalue weighted by atomic mass is 32.2. The van der Waals surface area contributed by atoms with E-state index in [4.69, 9.17) is 4.98 Å². The van der Waals surface area contributed by atoms with Gasteiger partial charge in [-0.15, -0.1) is 11.8 Å². The Kier molecular flexibility index (Phi) is 6.78. The first-order valence-electron chi connectivity index (χ1n) is 8.94. The van der Waals surface area contributed by atoms with E-state index >= 15 is 0 Å². The van der Waals surface area contributed by atoms with Crippen LogP contribution in [0.1, 0.15) is 24.6 Å². The average molecular weight is 385 g/mol. The third-order valence-electron chi connectivity index (χ3n) is 3.99. The standard InChI is InChI=1S/C19H24N6OS/c1-13(26)23-15-6-3-7-16(9-15)24-19-22-10-14-5-4-8-21-18(11-20-2)27-12-17(14)25-19/h3,6-7,9-10,20H,4-5,8,11-12H2,1-2H3,(H,23,26)(H,22,24,25). The molecule has 0 atom stereocenters. The summed E-state index contributed by atoms with van der Waals surface area (Å²) >= 11 is 1.72. The molecule has 7 nitrogen and oxygen atoms in total. The number of aryl methyl sites for hydroxylation is 1. The fourth-order valence-corrected chi connectivity index (χ4v) is 3.75. The highest BCUT2D eigenvalue weighted by molar-refractivity contribution is 8.13. The van der Waals surface area contributed by atoms with Crippen LogP contribution in [-0.2, 0) is 17.0 Å². The second-order valence-electron chi connectivity index (χ2n) is 6.25. The van der Waals surface area contributed by atoms with E-state index in [1.165, 1.54) is 12.5 Å². The van der Waals surface area contributed by atoms with Crippen molar-refractivity contribution in [1.29, 1.82) is 0 Å². The van der Waals surface area contributed by atoms with Crippen molar-refractivity contribution in [3.05, 3.63) is 41.7 Å². The van der Waals surface area contributed by atoms with Crippen LogP contribution in [0.25, 0.3) is 0 Å². The number of nitrogens with one attached hydrogen (secondary N) is 3. The molecule has 0 fully saturated rings. The zero-order valence-electron chi connectivity index (χ0n) is 15.6. The van der Waals surface area contributed by atoms with Crippen LogP contribution in [0.4, 0.5) is 17.3 Å². The SMILES string of the molecule is CNCC1=NCCCc2cnc(Nc3cccc(NC(C)=O)c3)nc2CS1. The Morgan fingerprint density at radius 2 is 2.15 bits per heavy atom. The highest BCUT2D eigenvalue weighted by Gasteiger charge is 2.12. The lowest BCUT2D eigenvalue weighted by atomic mass is 10.1. The Bertz CT molecular complexity index is 839. The molecular formula is C19H24N6OS. The number of rotatable bonds is 5. The molecule has 0 unspecified atom stereocenters. The van der Waals surface area contributed by atoms with Crippen molar-refractivity contribution in [3.63, 3.8) is 0 Å². The summed E-state index contributed by atoms with van der Waals surface area (Å²) in [5.74, 6) is 1.23. The van der Waals surface area contributed by atoms with Crippen LogP contribution in [0.15, 0.2) is 35.5 Å². The van der Waals surface area contributed by atoms with Gasteiger partial charge in [-0.25, -0.2) is 9.97 Å². The molecule has 2 aromatic rings. The molecule has 1 aromatic carbocycles. The minimum atomic E-state index is -0.100. The number of benzene rings is 1. The minimum Gasteiger partial charge on any atom is -0.326 e. The van der Waals surface area contributed by atoms with E-state index in [9.17, 15) is 4.79 Å². The molecule has 1 aromatic heterocycles. The molecule has 1 amide bonds. The van der Waals surface area contributed by atoms with Gasteiger partial charge >= 0.3 is 0 Å². The van der Waals surface area contributed by atoms with E-state index in [1.54, 1.807) is 11.8 Å². The minimum absolute atomic E-state index is 0.100. The molecule has 0 saturated heterocycles. The van der Waals surface area contributed by atoms with Crippen molar-refractivity contribution in [2.24, 2.45) is 4.99 Å². The van der Waals surface area contributed by atoms with Gasteiger partial charge < -0.3 is 16.0 Å². The van der Waals surface area contributed by atoms with Gasteiger partial charge in [-0.2, -0.15) is 0 Å². The zero-order chi connectivity index (χ0) is 19.1. The number of hydrogen-bond donors (Lipinski definition) is 3. The number of carbonyl (C=O) groups excluding carboxylic acids is 1. The molecule has 0 spiro atoms. The molecule has 0 aliphatic carbocycles. The Labute approximate surface area is 163 Å². The second kappa shape index (κ2) is 9.48. The summed E-state index contributed by atoms with van der Waals surface area (Å²) in [6.07, 6.45) is 3.84. The number of thioether (sulfide) groups is 1. The van der Waals surface area contributed by atoms with Crippen LogP contribution in [-0.4, -0.2) is 41.1 Å². The van der Waals surface area contributed by atoms with Gasteiger partial charge in [-0.05, 0) is 43.7 Å². The first-order valence-corrected chi connectivity index (χ1v) is 9.93. The van der Waals surface area contributed by atoms with Gasteiger partial charge in [0.15, 0.2) is 0 Å². The molecule has 0 radical (unpaired) electrons. The van der Waals surface area contributed by atoms with Gasteiger partial charge in [0.2, 0.25) is 11.9 Å². The number of hydrogen-bond acceptors (Lipinski definition) is 7. The van der Waals surface area contributed by atoms with Gasteiger partial charge in [-0.1, -0.05) is 6.07 Å². The highest BCUT2D eigenvalue weighted by Crippen LogP contribution is 2.23. The Hall–Kier alpha value is -2.45. The lowest BCUT2D eigenvalue weighted by Crippen LogP contribution is -2.16. The van der Waals surface area contributed by atoms with Crippen molar-refractivity contribution in [1.82, 2.24) is 15.3 Å². The van der Waals surface area contributed by atoms with E-state index in [1.807, 2.05) is 37.5 Å². The van der Waals surface area contributed by atoms with Crippen molar-refractivity contribution >= 4 is 40.0 Å². The predicted octanol–water partition coefficient (Wildman–Crippen LogP) is 2.98. The van der Waals surface area contributed by atoms with Crippen LogP contribution in [0, 0.1) is 0 Å². The number of anilines is 3. The van der Waals surface area contributed by atoms with E-state index in [0.29, 0.717) is 5.95 Å². The average Bonchev–Trinajstić information content (AvgIpc) is 2.73. The fourth-order valence-electron chi connectivity index (χ4n) is 2.77. The summed E-state index contributed by atoms with van der Waals surface area (Å²) in [7, 11) is 1.93. The van der Waals surface area contributed by atoms with Crippen LogP contribution in [0.2, 0.25) is 0 Å². The number of amides is 1. The largest absolute Gasteiger partial charge is 0.326 e. The number of carbonyl (C=O) groups is 1. The zero-order valence-corrected chi connectivity index (χ0v) is 16.4. The van der Waals surface area contributed by atoms with Crippen molar-refractivity contribution in [3.8, 4) is 0 Å². The molecule has 3 rings (SSSR count). The summed E-state index contributed by atoms with van der Waals surface area (Å²) in [5.41, 5.74) is 3.79. The summed E-state index contributed by atoms with van der Waals surface area (Å²) in [6, 6.07) is 7.50. The molecule has 27 heavy (non-hydrogen) atoms. The summed E-state index contributed by atoms with van der Waals surface area (Å²) in [4.78, 5) is 25.1. The van der Waals surface area contributed by atoms with E-state index in [2.05, 4.69) is 25.9 Å². The van der Waals surface area contributed by atoms with Crippen LogP contribution in [0.3, 0.4) is 0 Å². The summed E-state index contributed by atoms with van der Waals surface area (Å²) in [5, 5.41) is 10.3. The first-order chi connectivity index (χ1) is 13.1. The Balaban J connectivity index is 1.76. The van der Waals surface area contributed by atoms with Gasteiger partial charge in [0.1, 0.15) is 0 Å². The molecule has 1 aliphatic heterocycles. The van der Waals surface area contributed by atoms with Gasteiger partial charge in [-0.3, -0.25) is 9.79 Å². The van der Waals surface area contributed by atoms with Crippen LogP contribution in [0.5, 0.6) is 0 Å². The fraction of sp³-hybridized carbons (Fsp3) is 0.368. The molecule has 0 saturated carbocycles. The number of fused-ring (bicyclic) bond motifs is 1. The molecule has 0 bridgehead atoms. The first kappa shape index (κ1) is 19.3. The van der Waals surface area contributed by atoms with Gasteiger partial charge in [0.25, 0.3) is 0 Å². The maximum atomic E-state index is 11.2. The monoisotopic (exact) mass is 384 g/mol. The number of aliphatic imine (C=N–C) groups is 1. The second-order valence-corrected chi connectivity index (χ2v) is 7.30. The van der Waals surface area contributed by atoms with Crippen molar-refractivity contribution < 1.29 is 4.79 Å². The normalized spacial score (nSPS) is 14.2. The lowest BCUT2D eigenvalue weighted by Gasteiger charge is -2.11. The van der Waals surface area contributed by atoms with Crippen molar-refractivity contribution in [2.75, 3.05) is 30.8 Å². The third kappa shape index (κ3) is 5.77. The van der Waals surface area contributed by atoms with Crippen LogP contribution < -0.4 is 16.0 Å². The molecule has 142 valence electrons. The van der Waals surface area contributed by atoms with Gasteiger partial charge in [0.05, 0.1) is 10.7 Å². The number of nitrogens with zero attached hydrogens (tertiary/aromatic N) is 3. The maximum absolute atomic E-state index is 11.2. The molecule has 8 heteroatoms. The molecule has 3 N–H and O–H groups in total. The maximum Gasteiger partial charge on any atom is 0.227 e. The van der Waals surface area contributed by atoms with Crippen LogP contribution >= 0.6 is 11.8 Å². The number of aromatic nitrogens is 2. The topological polar surface area (TPSA) is 91.3 Å². The third-order valence-corrected chi connectivity index (χ3v) is 5.01. The Morgan fingerprint density at radius 3 is 2.96 bits per heavy atom. The lowest BCUT2D eigenvalue weighted by molar-refractivity contribution is -0.114. The van der Waals surface area contributed by atoms with E-state index < -0.39 is 0 Å². The van der Waals surface area contributed by atoms with Gasteiger partial charge in [0, 0.05) is 43.3 Å².